The van der Waals surface area contributed by atoms with Crippen LogP contribution in [-0.4, -0.2) is 42.5 Å². The minimum Gasteiger partial charge on any atom is -0.497 e. The van der Waals surface area contributed by atoms with E-state index in [0.29, 0.717) is 16.5 Å². The van der Waals surface area contributed by atoms with Crippen LogP contribution >= 0.6 is 11.6 Å². The maximum Gasteiger partial charge on any atom is 0.261 e. The number of methoxy groups -OCH3 is 1. The molecule has 0 unspecified atom stereocenters. The second kappa shape index (κ2) is 11.6. The molecule has 0 heterocycles. The highest BCUT2D eigenvalue weighted by molar-refractivity contribution is 6.31. The Labute approximate surface area is 189 Å². The molecule has 0 aromatic heterocycles. The number of halogens is 1. The third-order valence-corrected chi connectivity index (χ3v) is 5.57. The summed E-state index contributed by atoms with van der Waals surface area (Å²) in [4.78, 5) is 27.4. The van der Waals surface area contributed by atoms with Gasteiger partial charge in [-0.3, -0.25) is 9.59 Å². The quantitative estimate of drug-likeness (QED) is 0.588. The number of amides is 2. The van der Waals surface area contributed by atoms with Crippen molar-refractivity contribution >= 4 is 23.4 Å². The minimum absolute atomic E-state index is 0.0250. The molecule has 2 amide bonds. The van der Waals surface area contributed by atoms with Gasteiger partial charge in [0.2, 0.25) is 5.91 Å². The molecule has 0 radical (unpaired) electrons. The smallest absolute Gasteiger partial charge is 0.261 e. The molecule has 0 aliphatic carbocycles. The van der Waals surface area contributed by atoms with Crippen molar-refractivity contribution in [2.45, 2.75) is 52.7 Å². The van der Waals surface area contributed by atoms with E-state index >= 15 is 0 Å². The molecular formula is C24H31ClN2O4. The predicted octanol–water partition coefficient (Wildman–Crippen LogP) is 4.37. The summed E-state index contributed by atoms with van der Waals surface area (Å²) in [6.45, 7) is 7.59. The molecule has 0 saturated heterocycles. The standard InChI is InChI=1S/C24H31ClN2O4/c1-6-17(3)26-24(29)18(4)27(14-19-8-7-9-20(13-19)30-5)23(28)15-31-21-10-11-22(25)16(2)12-21/h7-13,17-18H,6,14-15H2,1-5H3,(H,26,29)/t17-,18+/m0/s1. The Morgan fingerprint density at radius 3 is 2.52 bits per heavy atom. The lowest BCUT2D eigenvalue weighted by Crippen LogP contribution is -2.50. The fourth-order valence-electron chi connectivity index (χ4n) is 2.95. The Balaban J connectivity index is 2.18. The topological polar surface area (TPSA) is 67.9 Å². The van der Waals surface area contributed by atoms with Crippen LogP contribution in [0.15, 0.2) is 42.5 Å². The van der Waals surface area contributed by atoms with Crippen molar-refractivity contribution in [3.8, 4) is 11.5 Å². The van der Waals surface area contributed by atoms with Crippen molar-refractivity contribution in [1.29, 1.82) is 0 Å². The van der Waals surface area contributed by atoms with Gasteiger partial charge in [-0.2, -0.15) is 0 Å². The summed E-state index contributed by atoms with van der Waals surface area (Å²) >= 11 is 6.05. The molecule has 0 fully saturated rings. The van der Waals surface area contributed by atoms with Gasteiger partial charge in [0.1, 0.15) is 17.5 Å². The van der Waals surface area contributed by atoms with Gasteiger partial charge in [0.25, 0.3) is 5.91 Å². The normalized spacial score (nSPS) is 12.6. The van der Waals surface area contributed by atoms with E-state index in [0.717, 1.165) is 17.5 Å². The van der Waals surface area contributed by atoms with Crippen LogP contribution in [0.2, 0.25) is 5.02 Å². The minimum atomic E-state index is -0.664. The Morgan fingerprint density at radius 2 is 1.87 bits per heavy atom. The van der Waals surface area contributed by atoms with Gasteiger partial charge in [-0.1, -0.05) is 30.7 Å². The van der Waals surface area contributed by atoms with Gasteiger partial charge in [-0.05, 0) is 68.7 Å². The number of aryl methyl sites for hydroxylation is 1. The Bertz CT molecular complexity index is 903. The monoisotopic (exact) mass is 446 g/mol. The number of nitrogens with zero attached hydrogens (tertiary/aromatic N) is 1. The molecule has 2 atom stereocenters. The molecule has 6 nitrogen and oxygen atoms in total. The summed E-state index contributed by atoms with van der Waals surface area (Å²) in [6.07, 6.45) is 0.807. The van der Waals surface area contributed by atoms with Crippen LogP contribution in [0.4, 0.5) is 0 Å². The Kier molecular flexibility index (Phi) is 9.19. The highest BCUT2D eigenvalue weighted by Crippen LogP contribution is 2.21. The molecule has 7 heteroatoms. The Morgan fingerprint density at radius 1 is 1.13 bits per heavy atom. The van der Waals surface area contributed by atoms with E-state index in [2.05, 4.69) is 5.32 Å². The molecule has 2 aromatic carbocycles. The van der Waals surface area contributed by atoms with E-state index in [1.54, 1.807) is 32.2 Å². The van der Waals surface area contributed by atoms with Gasteiger partial charge in [0.15, 0.2) is 6.61 Å². The van der Waals surface area contributed by atoms with Gasteiger partial charge in [-0.15, -0.1) is 0 Å². The van der Waals surface area contributed by atoms with E-state index in [4.69, 9.17) is 21.1 Å². The lowest BCUT2D eigenvalue weighted by molar-refractivity contribution is -0.142. The molecule has 2 rings (SSSR count). The first kappa shape index (κ1) is 24.5. The number of carbonyl (C=O) groups excluding carboxylic acids is 2. The zero-order chi connectivity index (χ0) is 23.0. The fourth-order valence-corrected chi connectivity index (χ4v) is 3.07. The van der Waals surface area contributed by atoms with E-state index in [1.807, 2.05) is 45.0 Å². The van der Waals surface area contributed by atoms with Crippen LogP contribution in [0.25, 0.3) is 0 Å². The van der Waals surface area contributed by atoms with Crippen LogP contribution in [0.5, 0.6) is 11.5 Å². The molecule has 0 aliphatic heterocycles. The average molecular weight is 447 g/mol. The van der Waals surface area contributed by atoms with Crippen molar-refractivity contribution in [3.05, 3.63) is 58.6 Å². The van der Waals surface area contributed by atoms with Crippen LogP contribution in [-0.2, 0) is 16.1 Å². The van der Waals surface area contributed by atoms with Gasteiger partial charge >= 0.3 is 0 Å². The largest absolute Gasteiger partial charge is 0.497 e. The molecular weight excluding hydrogens is 416 g/mol. The van der Waals surface area contributed by atoms with E-state index in [9.17, 15) is 9.59 Å². The summed E-state index contributed by atoms with van der Waals surface area (Å²) in [5, 5.41) is 3.58. The number of ether oxygens (including phenoxy) is 2. The molecule has 0 bridgehead atoms. The average Bonchev–Trinajstić information content (AvgIpc) is 2.77. The second-order valence-electron chi connectivity index (χ2n) is 7.57. The van der Waals surface area contributed by atoms with Gasteiger partial charge < -0.3 is 19.7 Å². The molecule has 2 aromatic rings. The molecule has 168 valence electrons. The molecule has 0 spiro atoms. The van der Waals surface area contributed by atoms with Gasteiger partial charge in [0.05, 0.1) is 7.11 Å². The molecule has 1 N–H and O–H groups in total. The van der Waals surface area contributed by atoms with Crippen LogP contribution in [0, 0.1) is 6.92 Å². The number of hydrogen-bond donors (Lipinski definition) is 1. The van der Waals surface area contributed by atoms with E-state index in [-0.39, 0.29) is 31.0 Å². The van der Waals surface area contributed by atoms with Crippen LogP contribution in [0.3, 0.4) is 0 Å². The summed E-state index contributed by atoms with van der Waals surface area (Å²) in [5.74, 6) is 0.748. The number of benzene rings is 2. The number of nitrogens with one attached hydrogen (secondary N) is 1. The maximum atomic E-state index is 13.1. The van der Waals surface area contributed by atoms with Crippen molar-refractivity contribution in [2.24, 2.45) is 0 Å². The Hall–Kier alpha value is -2.73. The van der Waals surface area contributed by atoms with E-state index < -0.39 is 6.04 Å². The van der Waals surface area contributed by atoms with Crippen LogP contribution in [0.1, 0.15) is 38.3 Å². The summed E-state index contributed by atoms with van der Waals surface area (Å²) in [7, 11) is 1.59. The van der Waals surface area contributed by atoms with Crippen molar-refractivity contribution in [1.82, 2.24) is 10.2 Å². The number of carbonyl (C=O) groups is 2. The highest BCUT2D eigenvalue weighted by atomic mass is 35.5. The van der Waals surface area contributed by atoms with Gasteiger partial charge in [0, 0.05) is 17.6 Å². The first-order chi connectivity index (χ1) is 14.7. The lowest BCUT2D eigenvalue weighted by Gasteiger charge is -2.29. The predicted molar refractivity (Wildman–Crippen MR) is 123 cm³/mol. The summed E-state index contributed by atoms with van der Waals surface area (Å²) in [5.41, 5.74) is 1.72. The molecule has 31 heavy (non-hydrogen) atoms. The van der Waals surface area contributed by atoms with Crippen LogP contribution < -0.4 is 14.8 Å². The zero-order valence-corrected chi connectivity index (χ0v) is 19.5. The van der Waals surface area contributed by atoms with Crippen molar-refractivity contribution < 1.29 is 19.1 Å². The first-order valence-electron chi connectivity index (χ1n) is 10.4. The van der Waals surface area contributed by atoms with Crippen molar-refractivity contribution in [3.63, 3.8) is 0 Å². The number of hydrogen-bond acceptors (Lipinski definition) is 4. The lowest BCUT2D eigenvalue weighted by atomic mass is 10.1. The summed E-state index contributed by atoms with van der Waals surface area (Å²) < 4.78 is 11.0. The maximum absolute atomic E-state index is 13.1. The SMILES string of the molecule is CC[C@H](C)NC(=O)[C@@H](C)N(Cc1cccc(OC)c1)C(=O)COc1ccc(Cl)c(C)c1. The molecule has 0 saturated carbocycles. The fraction of sp³-hybridized carbons (Fsp3) is 0.417. The molecule has 0 aliphatic rings. The van der Waals surface area contributed by atoms with E-state index in [1.165, 1.54) is 4.90 Å². The second-order valence-corrected chi connectivity index (χ2v) is 7.97. The highest BCUT2D eigenvalue weighted by Gasteiger charge is 2.27. The number of rotatable bonds is 10. The van der Waals surface area contributed by atoms with Gasteiger partial charge in [-0.25, -0.2) is 0 Å². The third-order valence-electron chi connectivity index (χ3n) is 5.15. The van der Waals surface area contributed by atoms with Crippen molar-refractivity contribution in [2.75, 3.05) is 13.7 Å². The zero-order valence-electron chi connectivity index (χ0n) is 18.8. The first-order valence-corrected chi connectivity index (χ1v) is 10.7. The summed E-state index contributed by atoms with van der Waals surface area (Å²) in [6, 6.07) is 12.0. The third kappa shape index (κ3) is 7.17.